The molecule has 1 saturated carbocycles. The molecule has 1 aromatic heterocycles. The predicted octanol–water partition coefficient (Wildman–Crippen LogP) is 4.09. The number of nitrogens with zero attached hydrogens (tertiary/aromatic N) is 2. The Labute approximate surface area is 160 Å². The highest BCUT2D eigenvalue weighted by atomic mass is 16.3. The molecule has 2 aromatic rings. The van der Waals surface area contributed by atoms with Gasteiger partial charge in [0, 0.05) is 17.2 Å². The first-order chi connectivity index (χ1) is 13.0. The molecule has 27 heavy (non-hydrogen) atoms. The van der Waals surface area contributed by atoms with Crippen LogP contribution in [0, 0.1) is 0 Å². The highest BCUT2D eigenvalue weighted by molar-refractivity contribution is 5.74. The van der Waals surface area contributed by atoms with Crippen LogP contribution >= 0.6 is 0 Å². The van der Waals surface area contributed by atoms with E-state index in [9.17, 15) is 10.2 Å². The molecule has 0 saturated heterocycles. The molecule has 2 aliphatic rings. The largest absolute Gasteiger partial charge is 0.507 e. The summed E-state index contributed by atoms with van der Waals surface area (Å²) in [6.45, 7) is 3.83. The molecule has 3 N–H and O–H groups in total. The minimum absolute atomic E-state index is 0.239. The molecule has 5 nitrogen and oxygen atoms in total. The van der Waals surface area contributed by atoms with Gasteiger partial charge in [-0.1, -0.05) is 18.2 Å². The molecular formula is C22H27N3O2. The Hall–Kier alpha value is -2.40. The number of fused-ring (bicyclic) bond motifs is 1. The lowest BCUT2D eigenvalue weighted by Crippen LogP contribution is -2.48. The lowest BCUT2D eigenvalue weighted by atomic mass is 9.77. The highest BCUT2D eigenvalue weighted by Gasteiger charge is 2.39. The molecule has 0 atom stereocenters. The summed E-state index contributed by atoms with van der Waals surface area (Å²) >= 11 is 0. The van der Waals surface area contributed by atoms with Gasteiger partial charge in [-0.15, -0.1) is 10.2 Å². The van der Waals surface area contributed by atoms with E-state index in [-0.39, 0.29) is 11.8 Å². The number of allylic oxidation sites excluding steroid dienone is 1. The van der Waals surface area contributed by atoms with Gasteiger partial charge >= 0.3 is 0 Å². The van der Waals surface area contributed by atoms with Gasteiger partial charge < -0.3 is 15.5 Å². The van der Waals surface area contributed by atoms with Crippen molar-refractivity contribution < 1.29 is 10.2 Å². The zero-order valence-electron chi connectivity index (χ0n) is 16.0. The van der Waals surface area contributed by atoms with E-state index < -0.39 is 5.60 Å². The standard InChI is InChI=1S/C22H27N3O2/c1-3-6-14-9-10-18(19(26)11-14)20-16-7-4-5-8-17(16)21(25-24-20)23-15-12-22(2,27)13-15/h3,6,9-11,15,26-27H,4-5,7-8,12-13H2,1-2H3,(H,23,25)/b6-3+. The molecule has 5 heteroatoms. The molecular weight excluding hydrogens is 338 g/mol. The summed E-state index contributed by atoms with van der Waals surface area (Å²) in [7, 11) is 0. The molecule has 0 bridgehead atoms. The zero-order chi connectivity index (χ0) is 19.0. The minimum atomic E-state index is -0.564. The lowest BCUT2D eigenvalue weighted by molar-refractivity contribution is -0.0235. The first kappa shape index (κ1) is 18.0. The summed E-state index contributed by atoms with van der Waals surface area (Å²) in [5.74, 6) is 1.09. The molecule has 142 valence electrons. The Bertz CT molecular complexity index is 881. The fraction of sp³-hybridized carbons (Fsp3) is 0.455. The molecule has 0 spiro atoms. The van der Waals surface area contributed by atoms with Gasteiger partial charge in [-0.05, 0) is 75.6 Å². The summed E-state index contributed by atoms with van der Waals surface area (Å²) in [5, 5.41) is 33.0. The van der Waals surface area contributed by atoms with E-state index in [4.69, 9.17) is 0 Å². The Morgan fingerprint density at radius 2 is 1.89 bits per heavy atom. The highest BCUT2D eigenvalue weighted by Crippen LogP contribution is 2.39. The topological polar surface area (TPSA) is 78.3 Å². The van der Waals surface area contributed by atoms with Crippen molar-refractivity contribution in [3.05, 3.63) is 41.0 Å². The molecule has 0 unspecified atom stereocenters. The number of anilines is 1. The summed E-state index contributed by atoms with van der Waals surface area (Å²) in [6, 6.07) is 5.95. The van der Waals surface area contributed by atoms with Crippen LogP contribution in [0.1, 0.15) is 56.2 Å². The first-order valence-electron chi connectivity index (χ1n) is 9.80. The van der Waals surface area contributed by atoms with Crippen molar-refractivity contribution in [1.82, 2.24) is 10.2 Å². The van der Waals surface area contributed by atoms with E-state index in [1.165, 1.54) is 11.1 Å². The van der Waals surface area contributed by atoms with Crippen LogP contribution in [-0.4, -0.2) is 32.1 Å². The summed E-state index contributed by atoms with van der Waals surface area (Å²) in [6.07, 6.45) is 9.58. The van der Waals surface area contributed by atoms with Gasteiger partial charge in [-0.2, -0.15) is 0 Å². The maximum absolute atomic E-state index is 10.5. The van der Waals surface area contributed by atoms with Crippen LogP contribution in [0.25, 0.3) is 17.3 Å². The number of aromatic nitrogens is 2. The third-order valence-electron chi connectivity index (χ3n) is 5.64. The zero-order valence-corrected chi connectivity index (χ0v) is 16.0. The average Bonchev–Trinajstić information content (AvgIpc) is 2.61. The Balaban J connectivity index is 1.68. The molecule has 1 fully saturated rings. The third-order valence-corrected chi connectivity index (χ3v) is 5.64. The number of hydrogen-bond acceptors (Lipinski definition) is 5. The minimum Gasteiger partial charge on any atom is -0.507 e. The van der Waals surface area contributed by atoms with E-state index in [0.29, 0.717) is 0 Å². The summed E-state index contributed by atoms with van der Waals surface area (Å²) in [5.41, 5.74) is 4.35. The number of phenols is 1. The van der Waals surface area contributed by atoms with Crippen molar-refractivity contribution in [1.29, 1.82) is 0 Å². The van der Waals surface area contributed by atoms with Gasteiger partial charge in [0.1, 0.15) is 11.4 Å². The molecule has 2 aliphatic carbocycles. The molecule has 1 heterocycles. The van der Waals surface area contributed by atoms with Gasteiger partial charge in [0.2, 0.25) is 0 Å². The van der Waals surface area contributed by atoms with Gasteiger partial charge in [-0.3, -0.25) is 0 Å². The van der Waals surface area contributed by atoms with Gasteiger partial charge in [0.25, 0.3) is 0 Å². The second-order valence-corrected chi connectivity index (χ2v) is 8.08. The van der Waals surface area contributed by atoms with E-state index in [0.717, 1.165) is 61.2 Å². The second kappa shape index (κ2) is 6.97. The van der Waals surface area contributed by atoms with Crippen LogP contribution in [-0.2, 0) is 12.8 Å². The van der Waals surface area contributed by atoms with Crippen molar-refractivity contribution in [2.75, 3.05) is 5.32 Å². The van der Waals surface area contributed by atoms with Crippen LogP contribution < -0.4 is 5.32 Å². The lowest BCUT2D eigenvalue weighted by Gasteiger charge is -2.41. The van der Waals surface area contributed by atoms with Crippen LogP contribution in [0.5, 0.6) is 5.75 Å². The number of aliphatic hydroxyl groups is 1. The SMILES string of the molecule is C/C=C/c1ccc(-c2nnc(NC3CC(C)(O)C3)c3c2CCCC3)c(O)c1. The fourth-order valence-electron chi connectivity index (χ4n) is 4.32. The fourth-order valence-corrected chi connectivity index (χ4v) is 4.32. The van der Waals surface area contributed by atoms with Crippen LogP contribution in [0.3, 0.4) is 0 Å². The van der Waals surface area contributed by atoms with E-state index in [2.05, 4.69) is 15.5 Å². The number of benzene rings is 1. The van der Waals surface area contributed by atoms with E-state index >= 15 is 0 Å². The van der Waals surface area contributed by atoms with Crippen molar-refractivity contribution in [3.8, 4) is 17.0 Å². The Morgan fingerprint density at radius 3 is 2.56 bits per heavy atom. The quantitative estimate of drug-likeness (QED) is 0.761. The maximum Gasteiger partial charge on any atom is 0.152 e. The van der Waals surface area contributed by atoms with E-state index in [1.54, 1.807) is 6.07 Å². The first-order valence-corrected chi connectivity index (χ1v) is 9.80. The third kappa shape index (κ3) is 3.56. The van der Waals surface area contributed by atoms with Gasteiger partial charge in [0.05, 0.1) is 5.60 Å². The number of hydrogen-bond donors (Lipinski definition) is 3. The van der Waals surface area contributed by atoms with Crippen molar-refractivity contribution in [3.63, 3.8) is 0 Å². The Morgan fingerprint density at radius 1 is 1.15 bits per heavy atom. The number of nitrogens with one attached hydrogen (secondary N) is 1. The van der Waals surface area contributed by atoms with Crippen molar-refractivity contribution in [2.45, 2.75) is 64.0 Å². The monoisotopic (exact) mass is 365 g/mol. The van der Waals surface area contributed by atoms with Crippen molar-refractivity contribution in [2.24, 2.45) is 0 Å². The number of rotatable bonds is 4. The van der Waals surface area contributed by atoms with Crippen LogP contribution in [0.15, 0.2) is 24.3 Å². The second-order valence-electron chi connectivity index (χ2n) is 8.08. The Kier molecular flexibility index (Phi) is 4.64. The molecule has 0 radical (unpaired) electrons. The maximum atomic E-state index is 10.5. The van der Waals surface area contributed by atoms with Gasteiger partial charge in [-0.25, -0.2) is 0 Å². The average molecular weight is 365 g/mol. The molecule has 0 aliphatic heterocycles. The molecule has 4 rings (SSSR count). The van der Waals surface area contributed by atoms with Crippen LogP contribution in [0.2, 0.25) is 0 Å². The normalized spacial score (nSPS) is 24.5. The number of aromatic hydroxyl groups is 1. The number of phenolic OH excluding ortho intramolecular Hbond substituents is 1. The van der Waals surface area contributed by atoms with Crippen LogP contribution in [0.4, 0.5) is 5.82 Å². The smallest absolute Gasteiger partial charge is 0.152 e. The van der Waals surface area contributed by atoms with Crippen molar-refractivity contribution >= 4 is 11.9 Å². The van der Waals surface area contributed by atoms with E-state index in [1.807, 2.05) is 38.1 Å². The molecule has 1 aromatic carbocycles. The summed E-state index contributed by atoms with van der Waals surface area (Å²) in [4.78, 5) is 0. The predicted molar refractivity (Wildman–Crippen MR) is 108 cm³/mol. The summed E-state index contributed by atoms with van der Waals surface area (Å²) < 4.78 is 0. The molecule has 0 amide bonds. The van der Waals surface area contributed by atoms with Gasteiger partial charge in [0.15, 0.2) is 5.82 Å².